The molecule has 0 radical (unpaired) electrons. The van der Waals surface area contributed by atoms with E-state index in [4.69, 9.17) is 22.0 Å². The van der Waals surface area contributed by atoms with Gasteiger partial charge in [-0.15, -0.1) is 0 Å². The summed E-state index contributed by atoms with van der Waals surface area (Å²) in [6.45, 7) is 3.18. The number of carbonyl (C=O) groups is 3. The van der Waals surface area contributed by atoms with Gasteiger partial charge in [0.25, 0.3) is 0 Å². The third-order valence-electron chi connectivity index (χ3n) is 2.83. The number of carboxylic acid groups (broad SMARTS) is 1. The minimum absolute atomic E-state index is 0.157. The van der Waals surface area contributed by atoms with E-state index in [0.29, 0.717) is 19.4 Å². The van der Waals surface area contributed by atoms with E-state index in [2.05, 4.69) is 16.0 Å². The van der Waals surface area contributed by atoms with Gasteiger partial charge in [0.15, 0.2) is 5.96 Å². The van der Waals surface area contributed by atoms with Crippen LogP contribution in [0.4, 0.5) is 0 Å². The van der Waals surface area contributed by atoms with Crippen LogP contribution in [-0.4, -0.2) is 53.5 Å². The fourth-order valence-corrected chi connectivity index (χ4v) is 1.46. The number of guanidine groups is 1. The van der Waals surface area contributed by atoms with Crippen LogP contribution in [-0.2, 0) is 14.4 Å². The first-order valence-corrected chi connectivity index (χ1v) is 6.82. The highest BCUT2D eigenvalue weighted by molar-refractivity contribution is 5.91. The summed E-state index contributed by atoms with van der Waals surface area (Å²) in [6, 6.07) is -2.74. The van der Waals surface area contributed by atoms with E-state index in [1.54, 1.807) is 0 Å². The van der Waals surface area contributed by atoms with Crippen LogP contribution in [0.1, 0.15) is 26.7 Å². The molecule has 0 aromatic rings. The molecule has 10 heteroatoms. The Balaban J connectivity index is 4.14. The van der Waals surface area contributed by atoms with E-state index in [1.807, 2.05) is 0 Å². The maximum Gasteiger partial charge on any atom is 0.325 e. The van der Waals surface area contributed by atoms with E-state index < -0.39 is 35.9 Å². The van der Waals surface area contributed by atoms with Crippen LogP contribution in [0.3, 0.4) is 0 Å². The molecule has 0 rings (SSSR count). The molecule has 10 nitrogen and oxygen atoms in total. The molecule has 0 spiro atoms. The van der Waals surface area contributed by atoms with Gasteiger partial charge in [-0.1, -0.05) is 0 Å². The molecule has 3 atom stereocenters. The molecule has 126 valence electrons. The van der Waals surface area contributed by atoms with Crippen molar-refractivity contribution in [1.82, 2.24) is 16.0 Å². The topological polar surface area (TPSA) is 183 Å². The highest BCUT2D eigenvalue weighted by atomic mass is 16.4. The van der Waals surface area contributed by atoms with E-state index in [0.717, 1.165) is 0 Å². The third-order valence-corrected chi connectivity index (χ3v) is 2.83. The highest BCUT2D eigenvalue weighted by Gasteiger charge is 2.22. The number of carbonyl (C=O) groups excluding carboxylic acids is 2. The van der Waals surface area contributed by atoms with E-state index in [-0.39, 0.29) is 5.96 Å². The Morgan fingerprint density at radius 1 is 1.14 bits per heavy atom. The number of hydrogen-bond donors (Lipinski definition) is 7. The van der Waals surface area contributed by atoms with E-state index in [9.17, 15) is 14.4 Å². The van der Waals surface area contributed by atoms with Crippen molar-refractivity contribution in [2.24, 2.45) is 11.5 Å². The predicted octanol–water partition coefficient (Wildman–Crippen LogP) is -2.33. The Morgan fingerprint density at radius 3 is 2.18 bits per heavy atom. The molecular weight excluding hydrogens is 292 g/mol. The maximum absolute atomic E-state index is 11.8. The van der Waals surface area contributed by atoms with Crippen LogP contribution in [0.5, 0.6) is 0 Å². The van der Waals surface area contributed by atoms with Gasteiger partial charge in [-0.2, -0.15) is 0 Å². The summed E-state index contributed by atoms with van der Waals surface area (Å²) in [5.41, 5.74) is 10.8. The second-order valence-corrected chi connectivity index (χ2v) is 4.89. The molecule has 0 saturated heterocycles. The number of rotatable bonds is 9. The van der Waals surface area contributed by atoms with Crippen molar-refractivity contribution in [2.75, 3.05) is 6.54 Å². The Bertz CT molecular complexity index is 428. The molecule has 0 aliphatic heterocycles. The summed E-state index contributed by atoms with van der Waals surface area (Å²) in [5.74, 6) is -2.43. The smallest absolute Gasteiger partial charge is 0.325 e. The lowest BCUT2D eigenvalue weighted by atomic mass is 10.1. The molecule has 22 heavy (non-hydrogen) atoms. The average molecular weight is 316 g/mol. The number of carboxylic acids is 1. The first-order valence-electron chi connectivity index (χ1n) is 6.82. The van der Waals surface area contributed by atoms with Gasteiger partial charge in [0.2, 0.25) is 11.8 Å². The van der Waals surface area contributed by atoms with Crippen LogP contribution in [0.25, 0.3) is 0 Å². The van der Waals surface area contributed by atoms with E-state index >= 15 is 0 Å². The van der Waals surface area contributed by atoms with Gasteiger partial charge in [-0.3, -0.25) is 19.8 Å². The summed E-state index contributed by atoms with van der Waals surface area (Å²) >= 11 is 0. The molecule has 0 heterocycles. The summed E-state index contributed by atoms with van der Waals surface area (Å²) in [7, 11) is 0. The molecule has 0 aromatic carbocycles. The fourth-order valence-electron chi connectivity index (χ4n) is 1.46. The zero-order valence-corrected chi connectivity index (χ0v) is 12.7. The first-order chi connectivity index (χ1) is 10.1. The third kappa shape index (κ3) is 8.04. The second-order valence-electron chi connectivity index (χ2n) is 4.89. The zero-order chi connectivity index (χ0) is 17.3. The van der Waals surface area contributed by atoms with Gasteiger partial charge in [0, 0.05) is 6.54 Å². The van der Waals surface area contributed by atoms with Crippen LogP contribution >= 0.6 is 0 Å². The highest BCUT2D eigenvalue weighted by Crippen LogP contribution is 1.95. The molecular formula is C12H24N6O4. The summed E-state index contributed by atoms with van der Waals surface area (Å²) in [5, 5.41) is 22.9. The largest absolute Gasteiger partial charge is 0.480 e. The van der Waals surface area contributed by atoms with Crippen molar-refractivity contribution in [3.8, 4) is 0 Å². The Morgan fingerprint density at radius 2 is 1.68 bits per heavy atom. The monoisotopic (exact) mass is 316 g/mol. The van der Waals surface area contributed by atoms with Crippen LogP contribution in [0.2, 0.25) is 0 Å². The molecule has 0 saturated carbocycles. The van der Waals surface area contributed by atoms with Crippen molar-refractivity contribution >= 4 is 23.7 Å². The molecule has 0 aliphatic rings. The zero-order valence-electron chi connectivity index (χ0n) is 12.7. The Kier molecular flexibility index (Phi) is 8.53. The van der Waals surface area contributed by atoms with Gasteiger partial charge in [-0.05, 0) is 26.7 Å². The number of nitrogens with two attached hydrogens (primary N) is 2. The average Bonchev–Trinajstić information content (AvgIpc) is 2.42. The van der Waals surface area contributed by atoms with Crippen molar-refractivity contribution in [1.29, 1.82) is 5.41 Å². The van der Waals surface area contributed by atoms with Crippen molar-refractivity contribution in [2.45, 2.75) is 44.8 Å². The van der Waals surface area contributed by atoms with Gasteiger partial charge in [-0.25, -0.2) is 0 Å². The summed E-state index contributed by atoms with van der Waals surface area (Å²) in [6.07, 6.45) is 0.886. The number of nitrogens with one attached hydrogen (secondary N) is 4. The Hall–Kier alpha value is -2.36. The van der Waals surface area contributed by atoms with E-state index in [1.165, 1.54) is 13.8 Å². The Labute approximate surface area is 128 Å². The summed E-state index contributed by atoms with van der Waals surface area (Å²) < 4.78 is 0. The lowest BCUT2D eigenvalue weighted by Gasteiger charge is -2.18. The van der Waals surface area contributed by atoms with Gasteiger partial charge in [0.05, 0.1) is 6.04 Å². The second kappa shape index (κ2) is 9.55. The van der Waals surface area contributed by atoms with Crippen molar-refractivity contribution in [3.63, 3.8) is 0 Å². The molecule has 9 N–H and O–H groups in total. The normalized spacial score (nSPS) is 14.3. The van der Waals surface area contributed by atoms with Crippen molar-refractivity contribution < 1.29 is 19.5 Å². The molecule has 0 aliphatic carbocycles. The minimum atomic E-state index is -1.17. The maximum atomic E-state index is 11.8. The lowest BCUT2D eigenvalue weighted by molar-refractivity contribution is -0.141. The SMILES string of the molecule is C[C@H](NC(=O)[C@@H](N)CCCNC(=N)N)C(=O)N[C@H](C)C(=O)O. The summed E-state index contributed by atoms with van der Waals surface area (Å²) in [4.78, 5) is 34.1. The van der Waals surface area contributed by atoms with Crippen molar-refractivity contribution in [3.05, 3.63) is 0 Å². The number of aliphatic carboxylic acids is 1. The number of hydrogen-bond acceptors (Lipinski definition) is 5. The lowest BCUT2D eigenvalue weighted by Crippen LogP contribution is -2.52. The number of amides is 2. The molecule has 0 unspecified atom stereocenters. The van der Waals surface area contributed by atoms with Gasteiger partial charge in [0.1, 0.15) is 12.1 Å². The van der Waals surface area contributed by atoms with Crippen LogP contribution < -0.4 is 27.4 Å². The van der Waals surface area contributed by atoms with Crippen LogP contribution in [0.15, 0.2) is 0 Å². The standard InChI is InChI=1S/C12H24N6O4/c1-6(9(19)18-7(2)11(21)22)17-10(20)8(13)4-3-5-16-12(14)15/h6-8H,3-5,13H2,1-2H3,(H,17,20)(H,18,19)(H,21,22)(H4,14,15,16)/t6-,7+,8-/m0/s1. The van der Waals surface area contributed by atoms with Gasteiger partial charge < -0.3 is 32.5 Å². The molecule has 0 fully saturated rings. The molecule has 0 bridgehead atoms. The van der Waals surface area contributed by atoms with Gasteiger partial charge >= 0.3 is 5.97 Å². The van der Waals surface area contributed by atoms with Crippen LogP contribution in [0, 0.1) is 5.41 Å². The quantitative estimate of drug-likeness (QED) is 0.141. The molecule has 0 aromatic heterocycles. The fraction of sp³-hybridized carbons (Fsp3) is 0.667. The predicted molar refractivity (Wildman–Crippen MR) is 80.0 cm³/mol. The molecule has 2 amide bonds. The first kappa shape index (κ1) is 19.6. The minimum Gasteiger partial charge on any atom is -0.480 e.